The van der Waals surface area contributed by atoms with Crippen LogP contribution in [-0.2, 0) is 13.0 Å². The number of aromatic nitrogens is 1. The van der Waals surface area contributed by atoms with Crippen molar-refractivity contribution >= 4 is 17.2 Å². The molecule has 0 fully saturated rings. The summed E-state index contributed by atoms with van der Waals surface area (Å²) in [6, 6.07) is 9.14. The largest absolute Gasteiger partial charge is 0.347 e. The van der Waals surface area contributed by atoms with E-state index in [0.717, 1.165) is 10.6 Å². The van der Waals surface area contributed by atoms with Crippen LogP contribution in [0.1, 0.15) is 26.6 Å². The van der Waals surface area contributed by atoms with Gasteiger partial charge < -0.3 is 11.1 Å². The van der Waals surface area contributed by atoms with Crippen LogP contribution in [0, 0.1) is 11.3 Å². The number of carbonyl (C=O) groups is 1. The molecule has 0 saturated heterocycles. The number of amides is 1. The Kier molecular flexibility index (Phi) is 4.82. The van der Waals surface area contributed by atoms with E-state index in [2.05, 4.69) is 16.4 Å². The summed E-state index contributed by atoms with van der Waals surface area (Å²) in [7, 11) is 0. The van der Waals surface area contributed by atoms with Crippen molar-refractivity contribution in [2.24, 2.45) is 5.73 Å². The second-order valence-corrected chi connectivity index (χ2v) is 5.10. The van der Waals surface area contributed by atoms with E-state index in [1.54, 1.807) is 17.5 Å². The Balaban J connectivity index is 1.92. The van der Waals surface area contributed by atoms with Crippen LogP contribution < -0.4 is 11.1 Å². The van der Waals surface area contributed by atoms with Gasteiger partial charge in [-0.1, -0.05) is 12.1 Å². The molecule has 1 amide bonds. The van der Waals surface area contributed by atoms with E-state index in [9.17, 15) is 4.79 Å². The molecule has 1 heterocycles. The van der Waals surface area contributed by atoms with Crippen LogP contribution in [-0.4, -0.2) is 17.4 Å². The lowest BCUT2D eigenvalue weighted by atomic mass is 10.1. The number of thiazole rings is 1. The predicted octanol–water partition coefficient (Wildman–Crippen LogP) is 1.45. The summed E-state index contributed by atoms with van der Waals surface area (Å²) in [5.41, 5.74) is 7.41. The van der Waals surface area contributed by atoms with Crippen molar-refractivity contribution in [3.8, 4) is 6.07 Å². The summed E-state index contributed by atoms with van der Waals surface area (Å²) in [5.74, 6) is -0.200. The third kappa shape index (κ3) is 3.63. The summed E-state index contributed by atoms with van der Waals surface area (Å²) in [6.07, 6.45) is 0.688. The van der Waals surface area contributed by atoms with Crippen molar-refractivity contribution in [1.82, 2.24) is 10.3 Å². The van der Waals surface area contributed by atoms with E-state index < -0.39 is 0 Å². The average Bonchev–Trinajstić information content (AvgIpc) is 2.94. The third-order valence-corrected chi connectivity index (χ3v) is 3.59. The monoisotopic (exact) mass is 286 g/mol. The topological polar surface area (TPSA) is 91.8 Å². The SMILES string of the molecule is N#Cc1ccc(CNC(=O)c2csc(CCN)n2)cc1. The quantitative estimate of drug-likeness (QED) is 0.870. The van der Waals surface area contributed by atoms with Crippen molar-refractivity contribution in [1.29, 1.82) is 5.26 Å². The van der Waals surface area contributed by atoms with Gasteiger partial charge in [-0.2, -0.15) is 5.26 Å². The van der Waals surface area contributed by atoms with Crippen LogP contribution in [0.2, 0.25) is 0 Å². The van der Waals surface area contributed by atoms with Gasteiger partial charge in [0.15, 0.2) is 0 Å². The van der Waals surface area contributed by atoms with Crippen LogP contribution in [0.5, 0.6) is 0 Å². The lowest BCUT2D eigenvalue weighted by Gasteiger charge is -2.03. The molecule has 1 aromatic heterocycles. The second kappa shape index (κ2) is 6.80. The zero-order valence-electron chi connectivity index (χ0n) is 10.8. The van der Waals surface area contributed by atoms with Crippen molar-refractivity contribution in [2.75, 3.05) is 6.54 Å². The lowest BCUT2D eigenvalue weighted by molar-refractivity contribution is 0.0946. The zero-order valence-corrected chi connectivity index (χ0v) is 11.6. The Hall–Kier alpha value is -2.23. The van der Waals surface area contributed by atoms with Gasteiger partial charge in [0.1, 0.15) is 5.69 Å². The van der Waals surface area contributed by atoms with Gasteiger partial charge >= 0.3 is 0 Å². The van der Waals surface area contributed by atoms with E-state index in [1.807, 2.05) is 12.1 Å². The molecule has 5 nitrogen and oxygen atoms in total. The number of nitrogens with one attached hydrogen (secondary N) is 1. The van der Waals surface area contributed by atoms with E-state index >= 15 is 0 Å². The van der Waals surface area contributed by atoms with Crippen molar-refractivity contribution in [2.45, 2.75) is 13.0 Å². The molecule has 6 heteroatoms. The van der Waals surface area contributed by atoms with E-state index in [0.29, 0.717) is 30.8 Å². The second-order valence-electron chi connectivity index (χ2n) is 4.16. The first-order chi connectivity index (χ1) is 9.72. The number of hydrogen-bond acceptors (Lipinski definition) is 5. The van der Waals surface area contributed by atoms with Gasteiger partial charge in [0.25, 0.3) is 5.91 Å². The molecule has 2 rings (SSSR count). The molecule has 0 radical (unpaired) electrons. The summed E-state index contributed by atoms with van der Waals surface area (Å²) in [4.78, 5) is 16.1. The molecule has 0 spiro atoms. The van der Waals surface area contributed by atoms with E-state index in [4.69, 9.17) is 11.0 Å². The Bertz CT molecular complexity index is 627. The minimum atomic E-state index is -0.200. The maximum atomic E-state index is 11.9. The minimum Gasteiger partial charge on any atom is -0.347 e. The highest BCUT2D eigenvalue weighted by Gasteiger charge is 2.10. The lowest BCUT2D eigenvalue weighted by Crippen LogP contribution is -2.23. The number of nitriles is 1. The zero-order chi connectivity index (χ0) is 14.4. The molecular formula is C14H14N4OS. The van der Waals surface area contributed by atoms with Gasteiger partial charge in [0.2, 0.25) is 0 Å². The van der Waals surface area contributed by atoms with Crippen LogP contribution in [0.4, 0.5) is 0 Å². The van der Waals surface area contributed by atoms with Crippen LogP contribution in [0.15, 0.2) is 29.6 Å². The maximum Gasteiger partial charge on any atom is 0.271 e. The number of nitrogens with zero attached hydrogens (tertiary/aromatic N) is 2. The van der Waals surface area contributed by atoms with Gasteiger partial charge in [0.05, 0.1) is 16.6 Å². The fourth-order valence-corrected chi connectivity index (χ4v) is 2.42. The number of hydrogen-bond donors (Lipinski definition) is 2. The summed E-state index contributed by atoms with van der Waals surface area (Å²) in [6.45, 7) is 0.939. The molecule has 0 aliphatic rings. The van der Waals surface area contributed by atoms with Crippen LogP contribution in [0.25, 0.3) is 0 Å². The molecule has 3 N–H and O–H groups in total. The fourth-order valence-electron chi connectivity index (χ4n) is 1.62. The standard InChI is InChI=1S/C14H14N4OS/c15-6-5-13-18-12(9-20-13)14(19)17-8-11-3-1-10(7-16)2-4-11/h1-4,9H,5-6,8,15H2,(H,17,19). The highest BCUT2D eigenvalue weighted by molar-refractivity contribution is 7.09. The first-order valence-electron chi connectivity index (χ1n) is 6.14. The summed E-state index contributed by atoms with van der Waals surface area (Å²) >= 11 is 1.44. The smallest absolute Gasteiger partial charge is 0.271 e. The molecule has 2 aromatic rings. The molecule has 102 valence electrons. The Morgan fingerprint density at radius 2 is 2.15 bits per heavy atom. The average molecular weight is 286 g/mol. The first kappa shape index (κ1) is 14.2. The Labute approximate surface area is 121 Å². The minimum absolute atomic E-state index is 0.200. The van der Waals surface area contributed by atoms with Gasteiger partial charge in [-0.25, -0.2) is 4.98 Å². The summed E-state index contributed by atoms with van der Waals surface area (Å²) < 4.78 is 0. The van der Waals surface area contributed by atoms with E-state index in [-0.39, 0.29) is 5.91 Å². The van der Waals surface area contributed by atoms with Crippen LogP contribution in [0.3, 0.4) is 0 Å². The maximum absolute atomic E-state index is 11.9. The van der Waals surface area contributed by atoms with Gasteiger partial charge in [0, 0.05) is 18.3 Å². The Morgan fingerprint density at radius 3 is 2.80 bits per heavy atom. The van der Waals surface area contributed by atoms with Gasteiger partial charge in [-0.3, -0.25) is 4.79 Å². The molecule has 20 heavy (non-hydrogen) atoms. The molecule has 0 saturated carbocycles. The third-order valence-electron chi connectivity index (χ3n) is 2.68. The number of nitrogens with two attached hydrogens (primary N) is 1. The van der Waals surface area contributed by atoms with E-state index in [1.165, 1.54) is 11.3 Å². The van der Waals surface area contributed by atoms with Crippen molar-refractivity contribution in [3.05, 3.63) is 51.5 Å². The molecule has 0 atom stereocenters. The molecule has 0 aliphatic heterocycles. The van der Waals surface area contributed by atoms with Gasteiger partial charge in [-0.05, 0) is 24.2 Å². The molecule has 0 aliphatic carbocycles. The number of rotatable bonds is 5. The Morgan fingerprint density at radius 1 is 1.40 bits per heavy atom. The van der Waals surface area contributed by atoms with Crippen molar-refractivity contribution in [3.63, 3.8) is 0 Å². The predicted molar refractivity (Wildman–Crippen MR) is 77.2 cm³/mol. The highest BCUT2D eigenvalue weighted by atomic mass is 32.1. The molecule has 1 aromatic carbocycles. The fraction of sp³-hybridized carbons (Fsp3) is 0.214. The van der Waals surface area contributed by atoms with Crippen molar-refractivity contribution < 1.29 is 4.79 Å². The van der Waals surface area contributed by atoms with Gasteiger partial charge in [-0.15, -0.1) is 11.3 Å². The highest BCUT2D eigenvalue weighted by Crippen LogP contribution is 2.10. The number of carbonyl (C=O) groups excluding carboxylic acids is 1. The normalized spacial score (nSPS) is 10.0. The summed E-state index contributed by atoms with van der Waals surface area (Å²) in [5, 5.41) is 14.1. The van der Waals surface area contributed by atoms with Crippen LogP contribution >= 0.6 is 11.3 Å². The number of benzene rings is 1. The molecule has 0 unspecified atom stereocenters. The molecular weight excluding hydrogens is 272 g/mol. The molecule has 0 bridgehead atoms. The first-order valence-corrected chi connectivity index (χ1v) is 7.02.